The van der Waals surface area contributed by atoms with Crippen LogP contribution < -0.4 is 20.1 Å². The minimum absolute atomic E-state index is 0.00675. The Hall–Kier alpha value is -2.76. The zero-order chi connectivity index (χ0) is 18.9. The number of methoxy groups -OCH3 is 2. The van der Waals surface area contributed by atoms with Crippen LogP contribution in [0.3, 0.4) is 0 Å². The standard InChI is InChI=1S/C20H28N4O2/c1-14-6-7-16(13-23-14)10-11-22-20(21-3)24-15(2)18-12-17(25-4)8-9-19(18)26-5/h6-9,12-13,15H,10-11H2,1-5H3,(H2,21,22,24). The van der Waals surface area contributed by atoms with E-state index in [0.29, 0.717) is 0 Å². The molecule has 6 heteroatoms. The van der Waals surface area contributed by atoms with Crippen molar-refractivity contribution in [3.05, 3.63) is 53.3 Å². The van der Waals surface area contributed by atoms with Gasteiger partial charge in [-0.3, -0.25) is 9.98 Å². The molecule has 0 saturated carbocycles. The van der Waals surface area contributed by atoms with Gasteiger partial charge in [-0.15, -0.1) is 0 Å². The van der Waals surface area contributed by atoms with Crippen LogP contribution in [0.4, 0.5) is 0 Å². The van der Waals surface area contributed by atoms with Crippen LogP contribution in [-0.4, -0.2) is 38.8 Å². The topological polar surface area (TPSA) is 67.8 Å². The maximum Gasteiger partial charge on any atom is 0.191 e. The largest absolute Gasteiger partial charge is 0.497 e. The number of rotatable bonds is 7. The van der Waals surface area contributed by atoms with Crippen molar-refractivity contribution in [3.8, 4) is 11.5 Å². The van der Waals surface area contributed by atoms with E-state index in [4.69, 9.17) is 9.47 Å². The highest BCUT2D eigenvalue weighted by molar-refractivity contribution is 5.80. The number of hydrogen-bond acceptors (Lipinski definition) is 4. The lowest BCUT2D eigenvalue weighted by Gasteiger charge is -2.21. The van der Waals surface area contributed by atoms with E-state index in [2.05, 4.69) is 33.6 Å². The molecule has 0 fully saturated rings. The van der Waals surface area contributed by atoms with Crippen molar-refractivity contribution < 1.29 is 9.47 Å². The molecule has 1 aromatic carbocycles. The lowest BCUT2D eigenvalue weighted by molar-refractivity contribution is 0.394. The summed E-state index contributed by atoms with van der Waals surface area (Å²) >= 11 is 0. The van der Waals surface area contributed by atoms with E-state index in [9.17, 15) is 0 Å². The smallest absolute Gasteiger partial charge is 0.191 e. The zero-order valence-electron chi connectivity index (χ0n) is 16.2. The Bertz CT molecular complexity index is 729. The molecular weight excluding hydrogens is 328 g/mol. The van der Waals surface area contributed by atoms with Crippen LogP contribution in [0.2, 0.25) is 0 Å². The molecule has 0 radical (unpaired) electrons. The summed E-state index contributed by atoms with van der Waals surface area (Å²) in [7, 11) is 5.09. The van der Waals surface area contributed by atoms with Crippen LogP contribution in [0.1, 0.15) is 29.8 Å². The number of nitrogens with zero attached hydrogens (tertiary/aromatic N) is 2. The molecule has 0 spiro atoms. The molecule has 0 aliphatic heterocycles. The highest BCUT2D eigenvalue weighted by Crippen LogP contribution is 2.29. The fourth-order valence-corrected chi connectivity index (χ4v) is 2.63. The molecule has 2 rings (SSSR count). The van der Waals surface area contributed by atoms with E-state index < -0.39 is 0 Å². The first kappa shape index (κ1) is 19.6. The van der Waals surface area contributed by atoms with Crippen LogP contribution in [-0.2, 0) is 6.42 Å². The summed E-state index contributed by atoms with van der Waals surface area (Å²) in [6.45, 7) is 4.82. The molecule has 6 nitrogen and oxygen atoms in total. The van der Waals surface area contributed by atoms with E-state index in [0.717, 1.165) is 41.7 Å². The monoisotopic (exact) mass is 356 g/mol. The molecule has 0 amide bonds. The lowest BCUT2D eigenvalue weighted by Crippen LogP contribution is -2.39. The summed E-state index contributed by atoms with van der Waals surface area (Å²) in [6.07, 6.45) is 2.79. The summed E-state index contributed by atoms with van der Waals surface area (Å²) in [5, 5.41) is 6.73. The number of hydrogen-bond donors (Lipinski definition) is 2. The van der Waals surface area contributed by atoms with E-state index >= 15 is 0 Å². The molecule has 1 atom stereocenters. The van der Waals surface area contributed by atoms with E-state index in [1.807, 2.05) is 37.4 Å². The SMILES string of the molecule is CN=C(NCCc1ccc(C)nc1)NC(C)c1cc(OC)ccc1OC. The average molecular weight is 356 g/mol. The molecule has 26 heavy (non-hydrogen) atoms. The van der Waals surface area contributed by atoms with Crippen molar-refractivity contribution in [1.82, 2.24) is 15.6 Å². The maximum absolute atomic E-state index is 5.47. The van der Waals surface area contributed by atoms with Gasteiger partial charge in [0, 0.05) is 31.0 Å². The van der Waals surface area contributed by atoms with Gasteiger partial charge in [0.15, 0.2) is 5.96 Å². The first-order chi connectivity index (χ1) is 12.6. The third kappa shape index (κ3) is 5.37. The average Bonchev–Trinajstić information content (AvgIpc) is 2.67. The maximum atomic E-state index is 5.47. The molecule has 0 bridgehead atoms. The Morgan fingerprint density at radius 3 is 2.62 bits per heavy atom. The molecule has 2 N–H and O–H groups in total. The number of nitrogens with one attached hydrogen (secondary N) is 2. The molecule has 1 unspecified atom stereocenters. The first-order valence-corrected chi connectivity index (χ1v) is 8.68. The Labute approximate surface area is 155 Å². The van der Waals surface area contributed by atoms with Gasteiger partial charge >= 0.3 is 0 Å². The van der Waals surface area contributed by atoms with Gasteiger partial charge in [0.25, 0.3) is 0 Å². The Morgan fingerprint density at radius 2 is 2.00 bits per heavy atom. The lowest BCUT2D eigenvalue weighted by atomic mass is 10.1. The molecule has 2 aromatic rings. The second-order valence-electron chi connectivity index (χ2n) is 6.03. The quantitative estimate of drug-likeness (QED) is 0.590. The van der Waals surface area contributed by atoms with Gasteiger partial charge in [-0.25, -0.2) is 0 Å². The van der Waals surface area contributed by atoms with Gasteiger partial charge in [-0.05, 0) is 50.1 Å². The fourth-order valence-electron chi connectivity index (χ4n) is 2.63. The first-order valence-electron chi connectivity index (χ1n) is 8.68. The Morgan fingerprint density at radius 1 is 1.19 bits per heavy atom. The van der Waals surface area contributed by atoms with Crippen molar-refractivity contribution >= 4 is 5.96 Å². The molecule has 1 heterocycles. The Kier molecular flexibility index (Phi) is 7.26. The predicted octanol–water partition coefficient (Wildman–Crippen LogP) is 2.88. The van der Waals surface area contributed by atoms with Gasteiger partial charge in [-0.1, -0.05) is 6.07 Å². The Balaban J connectivity index is 1.95. The van der Waals surface area contributed by atoms with Gasteiger partial charge in [-0.2, -0.15) is 0 Å². The minimum Gasteiger partial charge on any atom is -0.497 e. The summed E-state index contributed by atoms with van der Waals surface area (Å²) in [6, 6.07) is 9.91. The van der Waals surface area contributed by atoms with Gasteiger partial charge < -0.3 is 20.1 Å². The number of pyridine rings is 1. The number of aromatic nitrogens is 1. The van der Waals surface area contributed by atoms with Crippen LogP contribution >= 0.6 is 0 Å². The van der Waals surface area contributed by atoms with Gasteiger partial charge in [0.05, 0.1) is 20.3 Å². The highest BCUT2D eigenvalue weighted by Gasteiger charge is 2.14. The number of aliphatic imine (C=N–C) groups is 1. The number of benzene rings is 1. The normalized spacial score (nSPS) is 12.4. The second-order valence-corrected chi connectivity index (χ2v) is 6.03. The summed E-state index contributed by atoms with van der Waals surface area (Å²) < 4.78 is 10.8. The van der Waals surface area contributed by atoms with E-state index in [1.54, 1.807) is 21.3 Å². The third-order valence-electron chi connectivity index (χ3n) is 4.16. The minimum atomic E-state index is 0.00675. The van der Waals surface area contributed by atoms with E-state index in [1.165, 1.54) is 5.56 Å². The van der Waals surface area contributed by atoms with Crippen LogP contribution in [0, 0.1) is 6.92 Å². The van der Waals surface area contributed by atoms with E-state index in [-0.39, 0.29) is 6.04 Å². The van der Waals surface area contributed by atoms with Crippen LogP contribution in [0.15, 0.2) is 41.5 Å². The molecule has 1 aromatic heterocycles. The van der Waals surface area contributed by atoms with Crippen LogP contribution in [0.5, 0.6) is 11.5 Å². The summed E-state index contributed by atoms with van der Waals surface area (Å²) in [5.41, 5.74) is 3.24. The highest BCUT2D eigenvalue weighted by atomic mass is 16.5. The molecular formula is C20H28N4O2. The molecule has 0 aliphatic carbocycles. The molecule has 0 saturated heterocycles. The van der Waals surface area contributed by atoms with Crippen molar-refractivity contribution in [2.45, 2.75) is 26.3 Å². The number of ether oxygens (including phenoxy) is 2. The molecule has 0 aliphatic rings. The van der Waals surface area contributed by atoms with Gasteiger partial charge in [0.2, 0.25) is 0 Å². The van der Waals surface area contributed by atoms with Crippen molar-refractivity contribution in [2.75, 3.05) is 27.8 Å². The number of guanidine groups is 1. The van der Waals surface area contributed by atoms with Gasteiger partial charge in [0.1, 0.15) is 11.5 Å². The summed E-state index contributed by atoms with van der Waals surface area (Å²) in [5.74, 6) is 2.35. The third-order valence-corrected chi connectivity index (χ3v) is 4.16. The summed E-state index contributed by atoms with van der Waals surface area (Å²) in [4.78, 5) is 8.62. The van der Waals surface area contributed by atoms with Crippen molar-refractivity contribution in [2.24, 2.45) is 4.99 Å². The number of aryl methyl sites for hydroxylation is 1. The fraction of sp³-hybridized carbons (Fsp3) is 0.400. The predicted molar refractivity (Wildman–Crippen MR) is 105 cm³/mol. The van der Waals surface area contributed by atoms with Crippen LogP contribution in [0.25, 0.3) is 0 Å². The molecule has 140 valence electrons. The van der Waals surface area contributed by atoms with Crippen molar-refractivity contribution in [1.29, 1.82) is 0 Å². The second kappa shape index (κ2) is 9.65. The van der Waals surface area contributed by atoms with Crippen molar-refractivity contribution in [3.63, 3.8) is 0 Å². The zero-order valence-corrected chi connectivity index (χ0v) is 16.2.